The van der Waals surface area contributed by atoms with E-state index in [0.29, 0.717) is 18.0 Å². The van der Waals surface area contributed by atoms with Gasteiger partial charge in [-0.2, -0.15) is 0 Å². The molecule has 2 aliphatic rings. The topological polar surface area (TPSA) is 32.3 Å². The number of nitrogens with one attached hydrogen (secondary N) is 1. The van der Waals surface area contributed by atoms with E-state index in [4.69, 9.17) is 0 Å². The minimum absolute atomic E-state index is 0.270. The van der Waals surface area contributed by atoms with Gasteiger partial charge in [-0.05, 0) is 46.1 Å². The summed E-state index contributed by atoms with van der Waals surface area (Å²) in [5, 5.41) is 3.42. The third kappa shape index (κ3) is 3.01. The van der Waals surface area contributed by atoms with Crippen molar-refractivity contribution >= 4 is 5.91 Å². The molecule has 3 nitrogen and oxygen atoms in total. The second-order valence-electron chi connectivity index (χ2n) is 5.64. The van der Waals surface area contributed by atoms with Crippen LogP contribution >= 0.6 is 0 Å². The highest BCUT2D eigenvalue weighted by atomic mass is 16.2. The third-order valence-corrected chi connectivity index (χ3v) is 4.36. The second kappa shape index (κ2) is 5.85. The summed E-state index contributed by atoms with van der Waals surface area (Å²) in [7, 11) is 0. The Morgan fingerprint density at radius 3 is 2.59 bits per heavy atom. The number of rotatable bonds is 3. The average molecular weight is 238 g/mol. The van der Waals surface area contributed by atoms with E-state index in [2.05, 4.69) is 24.1 Å². The Balaban J connectivity index is 1.95. The fourth-order valence-corrected chi connectivity index (χ4v) is 3.40. The van der Waals surface area contributed by atoms with Gasteiger partial charge in [0.1, 0.15) is 0 Å². The van der Waals surface area contributed by atoms with E-state index < -0.39 is 0 Å². The number of piperidine rings is 1. The zero-order valence-corrected chi connectivity index (χ0v) is 11.2. The minimum atomic E-state index is 0.270. The van der Waals surface area contributed by atoms with Crippen molar-refractivity contribution in [1.29, 1.82) is 0 Å². The Labute approximate surface area is 105 Å². The lowest BCUT2D eigenvalue weighted by atomic mass is 9.91. The summed E-state index contributed by atoms with van der Waals surface area (Å²) in [6.45, 7) is 6.20. The highest BCUT2D eigenvalue weighted by molar-refractivity contribution is 5.79. The van der Waals surface area contributed by atoms with Gasteiger partial charge < -0.3 is 10.2 Å². The molecular weight excluding hydrogens is 212 g/mol. The van der Waals surface area contributed by atoms with Crippen molar-refractivity contribution in [2.75, 3.05) is 13.1 Å². The van der Waals surface area contributed by atoms with Crippen LogP contribution in [0.25, 0.3) is 0 Å². The summed E-state index contributed by atoms with van der Waals surface area (Å²) in [6, 6.07) is 1.04. The number of carbonyl (C=O) groups excluding carboxylic acids is 1. The van der Waals surface area contributed by atoms with Gasteiger partial charge in [-0.15, -0.1) is 0 Å². The first-order valence-corrected chi connectivity index (χ1v) is 7.26. The van der Waals surface area contributed by atoms with Crippen LogP contribution in [0.15, 0.2) is 0 Å². The molecule has 0 spiro atoms. The molecule has 1 N–H and O–H groups in total. The Bertz CT molecular complexity index is 261. The van der Waals surface area contributed by atoms with Crippen LogP contribution in [0, 0.1) is 5.92 Å². The van der Waals surface area contributed by atoms with Crippen LogP contribution in [0.2, 0.25) is 0 Å². The van der Waals surface area contributed by atoms with E-state index in [0.717, 1.165) is 25.9 Å². The molecule has 3 heteroatoms. The van der Waals surface area contributed by atoms with Crippen LogP contribution in [0.4, 0.5) is 0 Å². The van der Waals surface area contributed by atoms with Gasteiger partial charge in [-0.25, -0.2) is 0 Å². The van der Waals surface area contributed by atoms with Crippen LogP contribution < -0.4 is 5.32 Å². The van der Waals surface area contributed by atoms with Crippen molar-refractivity contribution in [3.05, 3.63) is 0 Å². The lowest BCUT2D eigenvalue weighted by Gasteiger charge is -2.34. The van der Waals surface area contributed by atoms with E-state index in [1.165, 1.54) is 25.7 Å². The molecule has 2 atom stereocenters. The van der Waals surface area contributed by atoms with Gasteiger partial charge in [-0.1, -0.05) is 12.8 Å². The standard InChI is InChI=1S/C14H26N2O/c1-3-16(13-6-4-5-7-13)14(17)12-8-9-15-11(2)10-12/h11-13,15H,3-10H2,1-2H3. The lowest BCUT2D eigenvalue weighted by molar-refractivity contribution is -0.138. The Hall–Kier alpha value is -0.570. The van der Waals surface area contributed by atoms with E-state index in [1.807, 2.05) is 0 Å². The molecule has 0 bridgehead atoms. The zero-order valence-electron chi connectivity index (χ0n) is 11.2. The molecular formula is C14H26N2O. The van der Waals surface area contributed by atoms with E-state index in [1.54, 1.807) is 0 Å². The first kappa shape index (κ1) is 12.9. The first-order chi connectivity index (χ1) is 8.22. The molecule has 0 aromatic rings. The van der Waals surface area contributed by atoms with Gasteiger partial charge in [-0.3, -0.25) is 4.79 Å². The second-order valence-corrected chi connectivity index (χ2v) is 5.64. The summed E-state index contributed by atoms with van der Waals surface area (Å²) in [5.41, 5.74) is 0. The fraction of sp³-hybridized carbons (Fsp3) is 0.929. The van der Waals surface area contributed by atoms with Crippen LogP contribution in [0.3, 0.4) is 0 Å². The van der Waals surface area contributed by atoms with Crippen LogP contribution in [0.1, 0.15) is 52.4 Å². The highest BCUT2D eigenvalue weighted by Crippen LogP contribution is 2.27. The lowest BCUT2D eigenvalue weighted by Crippen LogP contribution is -2.47. The van der Waals surface area contributed by atoms with Crippen LogP contribution in [-0.4, -0.2) is 36.0 Å². The SMILES string of the molecule is CCN(C(=O)C1CCNC(C)C1)C1CCCC1. The third-order valence-electron chi connectivity index (χ3n) is 4.36. The Morgan fingerprint density at radius 2 is 2.00 bits per heavy atom. The van der Waals surface area contributed by atoms with Crippen molar-refractivity contribution in [2.24, 2.45) is 5.92 Å². The minimum Gasteiger partial charge on any atom is -0.340 e. The van der Waals surface area contributed by atoms with Crippen LogP contribution in [0.5, 0.6) is 0 Å². The van der Waals surface area contributed by atoms with Gasteiger partial charge in [0.2, 0.25) is 5.91 Å². The summed E-state index contributed by atoms with van der Waals surface area (Å²) < 4.78 is 0. The van der Waals surface area contributed by atoms with Crippen molar-refractivity contribution < 1.29 is 4.79 Å². The molecule has 98 valence electrons. The average Bonchev–Trinajstić information content (AvgIpc) is 2.83. The van der Waals surface area contributed by atoms with Gasteiger partial charge in [0.05, 0.1) is 0 Å². The molecule has 2 unspecified atom stereocenters. The fourth-order valence-electron chi connectivity index (χ4n) is 3.40. The smallest absolute Gasteiger partial charge is 0.226 e. The monoisotopic (exact) mass is 238 g/mol. The molecule has 1 aliphatic carbocycles. The Kier molecular flexibility index (Phi) is 4.43. The van der Waals surface area contributed by atoms with Crippen molar-refractivity contribution in [2.45, 2.75) is 64.5 Å². The number of amides is 1. The normalized spacial score (nSPS) is 30.5. The number of carbonyl (C=O) groups is 1. The molecule has 17 heavy (non-hydrogen) atoms. The van der Waals surface area contributed by atoms with Crippen molar-refractivity contribution in [1.82, 2.24) is 10.2 Å². The molecule has 2 fully saturated rings. The summed E-state index contributed by atoms with van der Waals surface area (Å²) in [5.74, 6) is 0.694. The summed E-state index contributed by atoms with van der Waals surface area (Å²) >= 11 is 0. The molecule has 2 rings (SSSR count). The van der Waals surface area contributed by atoms with Crippen molar-refractivity contribution in [3.8, 4) is 0 Å². The van der Waals surface area contributed by atoms with Crippen molar-refractivity contribution in [3.63, 3.8) is 0 Å². The van der Waals surface area contributed by atoms with Gasteiger partial charge in [0.25, 0.3) is 0 Å². The van der Waals surface area contributed by atoms with E-state index in [9.17, 15) is 4.79 Å². The van der Waals surface area contributed by atoms with Gasteiger partial charge in [0.15, 0.2) is 0 Å². The van der Waals surface area contributed by atoms with Gasteiger partial charge in [0, 0.05) is 24.5 Å². The predicted octanol–water partition coefficient (Wildman–Crippen LogP) is 2.17. The maximum absolute atomic E-state index is 12.6. The molecule has 1 saturated heterocycles. The molecule has 1 amide bonds. The van der Waals surface area contributed by atoms with Crippen LogP contribution in [-0.2, 0) is 4.79 Å². The molecule has 0 aromatic heterocycles. The largest absolute Gasteiger partial charge is 0.340 e. The molecule has 1 saturated carbocycles. The molecule has 1 heterocycles. The highest BCUT2D eigenvalue weighted by Gasteiger charge is 2.32. The number of hydrogen-bond acceptors (Lipinski definition) is 2. The summed E-state index contributed by atoms with van der Waals surface area (Å²) in [4.78, 5) is 14.7. The first-order valence-electron chi connectivity index (χ1n) is 7.26. The summed E-state index contributed by atoms with van der Waals surface area (Å²) in [6.07, 6.45) is 7.09. The quantitative estimate of drug-likeness (QED) is 0.817. The maximum Gasteiger partial charge on any atom is 0.226 e. The predicted molar refractivity (Wildman–Crippen MR) is 69.8 cm³/mol. The molecule has 0 radical (unpaired) electrons. The van der Waals surface area contributed by atoms with E-state index in [-0.39, 0.29) is 5.92 Å². The molecule has 1 aliphatic heterocycles. The Morgan fingerprint density at radius 1 is 1.29 bits per heavy atom. The zero-order chi connectivity index (χ0) is 12.3. The molecule has 0 aromatic carbocycles. The number of hydrogen-bond donors (Lipinski definition) is 1. The van der Waals surface area contributed by atoms with Gasteiger partial charge >= 0.3 is 0 Å². The maximum atomic E-state index is 12.6. The van der Waals surface area contributed by atoms with E-state index >= 15 is 0 Å². The number of nitrogens with zero attached hydrogens (tertiary/aromatic N) is 1.